The summed E-state index contributed by atoms with van der Waals surface area (Å²) in [5.74, 6) is -0.112. The van der Waals surface area contributed by atoms with E-state index in [0.717, 1.165) is 0 Å². The summed E-state index contributed by atoms with van der Waals surface area (Å²) < 4.78 is 0. The van der Waals surface area contributed by atoms with Crippen molar-refractivity contribution in [3.8, 4) is 0 Å². The number of rotatable bonds is 4. The standard InChI is InChI=1S/2C13H16O2.2C4H10O.Ti/c2*1-13(2,3)12(15)9-11(14)10-7-5-4-6-8-10;2*1-4(2,3)5;/h2*4-9,14H,1-3H3;2*5H,1-3H3;/b2*11-9-;;;. The number of benzene rings is 2. The Bertz CT molecular complexity index is 975. The molecule has 4 N–H and O–H groups in total. The molecule has 0 aliphatic heterocycles. The molecule has 0 fully saturated rings. The number of aliphatic hydroxyl groups is 4. The van der Waals surface area contributed by atoms with Gasteiger partial charge in [-0.05, 0) is 41.5 Å². The van der Waals surface area contributed by atoms with Gasteiger partial charge in [0.05, 0.1) is 11.2 Å². The number of hydrogen-bond acceptors (Lipinski definition) is 6. The molecule has 41 heavy (non-hydrogen) atoms. The maximum absolute atomic E-state index is 11.6. The van der Waals surface area contributed by atoms with Crippen LogP contribution in [0.2, 0.25) is 0 Å². The second-order valence-corrected chi connectivity index (χ2v) is 13.4. The van der Waals surface area contributed by atoms with Gasteiger partial charge in [-0.2, -0.15) is 0 Å². The minimum Gasteiger partial charge on any atom is -0.507 e. The first-order valence-corrected chi connectivity index (χ1v) is 13.3. The van der Waals surface area contributed by atoms with E-state index < -0.39 is 22.0 Å². The van der Waals surface area contributed by atoms with E-state index in [4.69, 9.17) is 10.2 Å². The summed E-state index contributed by atoms with van der Waals surface area (Å²) in [5.41, 5.74) is -0.587. The third-order valence-electron chi connectivity index (χ3n) is 4.15. The van der Waals surface area contributed by atoms with Gasteiger partial charge in [0.2, 0.25) is 0 Å². The monoisotopic (exact) mass is 604 g/mol. The van der Waals surface area contributed by atoms with Crippen LogP contribution in [0.15, 0.2) is 72.8 Å². The molecular formula is C34H52O6Ti. The summed E-state index contributed by atoms with van der Waals surface area (Å²) in [6.45, 7) is 21.4. The number of carbonyl (C=O) groups excluding carboxylic acids is 2. The van der Waals surface area contributed by atoms with E-state index in [1.54, 1.807) is 65.8 Å². The normalized spacial score (nSPS) is 12.1. The van der Waals surface area contributed by atoms with Gasteiger partial charge in [-0.25, -0.2) is 0 Å². The number of ketones is 2. The zero-order valence-corrected chi connectivity index (χ0v) is 28.6. The first-order chi connectivity index (χ1) is 17.8. The summed E-state index contributed by atoms with van der Waals surface area (Å²) in [6.07, 6.45) is 2.57. The van der Waals surface area contributed by atoms with Crippen molar-refractivity contribution in [2.75, 3.05) is 0 Å². The molecule has 0 atom stereocenters. The first kappa shape index (κ1) is 43.0. The quantitative estimate of drug-likeness (QED) is 0.160. The van der Waals surface area contributed by atoms with Crippen molar-refractivity contribution in [1.29, 1.82) is 0 Å². The maximum atomic E-state index is 11.6. The molecule has 2 aromatic carbocycles. The number of aliphatic hydroxyl groups excluding tert-OH is 2. The topological polar surface area (TPSA) is 115 Å². The third-order valence-corrected chi connectivity index (χ3v) is 4.15. The Labute approximate surface area is 263 Å². The predicted octanol–water partition coefficient (Wildman–Crippen LogP) is 7.95. The van der Waals surface area contributed by atoms with Crippen molar-refractivity contribution in [2.45, 2.75) is 94.3 Å². The summed E-state index contributed by atoms with van der Waals surface area (Å²) in [4.78, 5) is 23.2. The van der Waals surface area contributed by atoms with Crippen molar-refractivity contribution < 1.29 is 51.7 Å². The summed E-state index contributed by atoms with van der Waals surface area (Å²) in [6, 6.07) is 18.1. The van der Waals surface area contributed by atoms with Gasteiger partial charge in [0.1, 0.15) is 11.5 Å². The molecule has 6 nitrogen and oxygen atoms in total. The van der Waals surface area contributed by atoms with E-state index in [-0.39, 0.29) is 44.8 Å². The molecule has 0 aromatic heterocycles. The average Bonchev–Trinajstić information content (AvgIpc) is 2.77. The van der Waals surface area contributed by atoms with Gasteiger partial charge in [-0.15, -0.1) is 0 Å². The molecule has 228 valence electrons. The van der Waals surface area contributed by atoms with Crippen LogP contribution >= 0.6 is 0 Å². The number of carbonyl (C=O) groups is 2. The Morgan fingerprint density at radius 2 is 0.707 bits per heavy atom. The van der Waals surface area contributed by atoms with Crippen molar-refractivity contribution in [3.63, 3.8) is 0 Å². The molecule has 0 radical (unpaired) electrons. The fourth-order valence-corrected chi connectivity index (χ4v) is 2.07. The van der Waals surface area contributed by atoms with Gasteiger partial charge in [-0.1, -0.05) is 102 Å². The van der Waals surface area contributed by atoms with E-state index in [0.29, 0.717) is 11.1 Å². The van der Waals surface area contributed by atoms with Crippen LogP contribution in [-0.4, -0.2) is 43.2 Å². The van der Waals surface area contributed by atoms with Crippen LogP contribution < -0.4 is 0 Å². The van der Waals surface area contributed by atoms with E-state index in [2.05, 4.69) is 0 Å². The Morgan fingerprint density at radius 3 is 0.878 bits per heavy atom. The molecule has 7 heteroatoms. The summed E-state index contributed by atoms with van der Waals surface area (Å²) in [7, 11) is 0. The molecule has 0 bridgehead atoms. The number of hydrogen-bond donors (Lipinski definition) is 4. The van der Waals surface area contributed by atoms with Gasteiger partial charge in [0, 0.05) is 55.8 Å². The molecular weight excluding hydrogens is 552 g/mol. The molecule has 0 heterocycles. The van der Waals surface area contributed by atoms with Crippen LogP contribution in [0.3, 0.4) is 0 Å². The Hall–Kier alpha value is -2.51. The van der Waals surface area contributed by atoms with Crippen molar-refractivity contribution in [1.82, 2.24) is 0 Å². The second-order valence-electron chi connectivity index (χ2n) is 13.4. The molecule has 0 spiro atoms. The molecule has 0 aliphatic rings. The third kappa shape index (κ3) is 27.4. The minimum atomic E-state index is -0.500. The maximum Gasteiger partial charge on any atom is 0.164 e. The molecule has 2 aromatic rings. The molecule has 0 saturated heterocycles. The smallest absolute Gasteiger partial charge is 0.164 e. The molecule has 0 amide bonds. The van der Waals surface area contributed by atoms with Gasteiger partial charge in [-0.3, -0.25) is 9.59 Å². The Morgan fingerprint density at radius 1 is 0.512 bits per heavy atom. The first-order valence-electron chi connectivity index (χ1n) is 13.3. The Kier molecular flexibility index (Phi) is 19.7. The van der Waals surface area contributed by atoms with Gasteiger partial charge in [0.15, 0.2) is 11.6 Å². The van der Waals surface area contributed by atoms with Crippen LogP contribution in [-0.2, 0) is 31.3 Å². The Balaban J connectivity index is -0.000000523. The fourth-order valence-electron chi connectivity index (χ4n) is 2.07. The van der Waals surface area contributed by atoms with Crippen molar-refractivity contribution >= 4 is 23.1 Å². The predicted molar refractivity (Wildman–Crippen MR) is 167 cm³/mol. The molecule has 0 unspecified atom stereocenters. The van der Waals surface area contributed by atoms with E-state index in [9.17, 15) is 19.8 Å². The second kappa shape index (κ2) is 18.8. The minimum absolute atomic E-state index is 0. The summed E-state index contributed by atoms with van der Waals surface area (Å²) in [5, 5.41) is 36.4. The van der Waals surface area contributed by atoms with Crippen LogP contribution in [0.1, 0.15) is 94.2 Å². The molecule has 2 rings (SSSR count). The van der Waals surface area contributed by atoms with Gasteiger partial charge < -0.3 is 20.4 Å². The summed E-state index contributed by atoms with van der Waals surface area (Å²) >= 11 is 0. The molecule has 0 saturated carbocycles. The average molecular weight is 605 g/mol. The van der Waals surface area contributed by atoms with Crippen LogP contribution in [0.25, 0.3) is 11.5 Å². The van der Waals surface area contributed by atoms with Gasteiger partial charge >= 0.3 is 0 Å². The van der Waals surface area contributed by atoms with Crippen LogP contribution in [0, 0.1) is 10.8 Å². The van der Waals surface area contributed by atoms with Crippen LogP contribution in [0.5, 0.6) is 0 Å². The van der Waals surface area contributed by atoms with Crippen molar-refractivity contribution in [3.05, 3.63) is 83.9 Å². The van der Waals surface area contributed by atoms with E-state index in [1.807, 2.05) is 77.9 Å². The molecule has 0 aliphatic carbocycles. The van der Waals surface area contributed by atoms with Crippen molar-refractivity contribution in [2.24, 2.45) is 10.8 Å². The van der Waals surface area contributed by atoms with E-state index in [1.165, 1.54) is 12.2 Å². The zero-order valence-electron chi connectivity index (χ0n) is 27.0. The SMILES string of the molecule is CC(C)(C)C(=O)/C=C(\O)c1ccccc1.CC(C)(C)C(=O)/C=C(\O)c1ccccc1.CC(C)(C)O.CC(C)(C)O.[Ti]. The largest absolute Gasteiger partial charge is 0.507 e. The zero-order chi connectivity index (χ0) is 31.9. The van der Waals surface area contributed by atoms with Crippen LogP contribution in [0.4, 0.5) is 0 Å². The number of allylic oxidation sites excluding steroid dienone is 2. The fraction of sp³-hybridized carbons (Fsp3) is 0.471. The van der Waals surface area contributed by atoms with Gasteiger partial charge in [0.25, 0.3) is 0 Å². The van der Waals surface area contributed by atoms with E-state index >= 15 is 0 Å².